The summed E-state index contributed by atoms with van der Waals surface area (Å²) < 4.78 is 6.73. The summed E-state index contributed by atoms with van der Waals surface area (Å²) in [6, 6.07) is 2.32. The molecule has 3 rings (SSSR count). The van der Waals surface area contributed by atoms with Crippen molar-refractivity contribution in [2.45, 2.75) is 31.7 Å². The number of nitrogens with zero attached hydrogens (tertiary/aromatic N) is 4. The van der Waals surface area contributed by atoms with E-state index in [2.05, 4.69) is 15.5 Å². The molecule has 0 amide bonds. The molecule has 0 bridgehead atoms. The lowest BCUT2D eigenvalue weighted by Crippen LogP contribution is -2.04. The number of hydrogen-bond acceptors (Lipinski definition) is 4. The summed E-state index contributed by atoms with van der Waals surface area (Å²) >= 11 is 0. The van der Waals surface area contributed by atoms with E-state index < -0.39 is 0 Å². The van der Waals surface area contributed by atoms with E-state index in [-0.39, 0.29) is 0 Å². The number of aromatic nitrogens is 4. The molecule has 5 nitrogen and oxygen atoms in total. The second kappa shape index (κ2) is 3.49. The predicted octanol–water partition coefficient (Wildman–Crippen LogP) is 2.05. The molecule has 0 atom stereocenters. The third-order valence-electron chi connectivity index (χ3n) is 2.91. The molecule has 0 N–H and O–H groups in total. The molecule has 0 radical (unpaired) electrons. The molecule has 1 aliphatic carbocycles. The quantitative estimate of drug-likeness (QED) is 0.751. The van der Waals surface area contributed by atoms with E-state index in [1.165, 1.54) is 25.7 Å². The van der Waals surface area contributed by atoms with E-state index in [9.17, 15) is 0 Å². The van der Waals surface area contributed by atoms with Crippen molar-refractivity contribution >= 4 is 0 Å². The van der Waals surface area contributed by atoms with Crippen LogP contribution >= 0.6 is 0 Å². The van der Waals surface area contributed by atoms with Crippen molar-refractivity contribution in [2.75, 3.05) is 0 Å². The number of rotatable bonds is 2. The van der Waals surface area contributed by atoms with Crippen LogP contribution in [-0.2, 0) is 0 Å². The maximum Gasteiger partial charge on any atom is 0.135 e. The largest absolute Gasteiger partial charge is 0.364 e. The van der Waals surface area contributed by atoms with Crippen molar-refractivity contribution in [3.8, 4) is 11.4 Å². The van der Waals surface area contributed by atoms with Crippen molar-refractivity contribution in [1.82, 2.24) is 20.2 Å². The molecule has 15 heavy (non-hydrogen) atoms. The summed E-state index contributed by atoms with van der Waals surface area (Å²) in [4.78, 5) is 0. The minimum atomic E-state index is 0.526. The van der Waals surface area contributed by atoms with Gasteiger partial charge >= 0.3 is 0 Å². The Labute approximate surface area is 87.1 Å². The van der Waals surface area contributed by atoms with E-state index in [1.807, 2.05) is 10.9 Å². The molecule has 1 saturated carbocycles. The monoisotopic (exact) mass is 204 g/mol. The second-order valence-corrected chi connectivity index (χ2v) is 3.91. The van der Waals surface area contributed by atoms with Crippen LogP contribution < -0.4 is 0 Å². The van der Waals surface area contributed by atoms with Crippen LogP contribution in [0.2, 0.25) is 0 Å². The van der Waals surface area contributed by atoms with Crippen LogP contribution in [0.25, 0.3) is 11.4 Å². The van der Waals surface area contributed by atoms with Gasteiger partial charge in [-0.15, -0.1) is 5.10 Å². The van der Waals surface area contributed by atoms with Crippen molar-refractivity contribution in [2.24, 2.45) is 0 Å². The molecule has 0 spiro atoms. The van der Waals surface area contributed by atoms with Gasteiger partial charge in [-0.05, 0) is 12.8 Å². The fourth-order valence-electron chi connectivity index (χ4n) is 2.09. The highest BCUT2D eigenvalue weighted by atomic mass is 16.5. The van der Waals surface area contributed by atoms with Crippen LogP contribution in [0, 0.1) is 0 Å². The average molecular weight is 204 g/mol. The van der Waals surface area contributed by atoms with E-state index in [0.29, 0.717) is 6.04 Å². The first-order valence-corrected chi connectivity index (χ1v) is 5.26. The molecule has 2 aromatic rings. The maximum atomic E-state index is 4.78. The lowest BCUT2D eigenvalue weighted by molar-refractivity contribution is 0.422. The Kier molecular flexibility index (Phi) is 2.01. The molecule has 0 saturated heterocycles. The molecule has 2 heterocycles. The first-order chi connectivity index (χ1) is 7.43. The van der Waals surface area contributed by atoms with Crippen molar-refractivity contribution in [1.29, 1.82) is 0 Å². The van der Waals surface area contributed by atoms with Crippen LogP contribution in [0.4, 0.5) is 0 Å². The average Bonchev–Trinajstić information content (AvgIpc) is 3.02. The van der Waals surface area contributed by atoms with Crippen LogP contribution in [0.1, 0.15) is 31.7 Å². The van der Waals surface area contributed by atoms with Crippen molar-refractivity contribution in [3.05, 3.63) is 18.5 Å². The van der Waals surface area contributed by atoms with E-state index >= 15 is 0 Å². The van der Waals surface area contributed by atoms with Gasteiger partial charge in [0.1, 0.15) is 17.7 Å². The van der Waals surface area contributed by atoms with Crippen LogP contribution in [-0.4, -0.2) is 20.2 Å². The first-order valence-electron chi connectivity index (χ1n) is 5.26. The third kappa shape index (κ3) is 1.54. The Morgan fingerprint density at radius 3 is 2.87 bits per heavy atom. The van der Waals surface area contributed by atoms with Gasteiger partial charge in [0.2, 0.25) is 0 Å². The van der Waals surface area contributed by atoms with Crippen LogP contribution in [0.5, 0.6) is 0 Å². The summed E-state index contributed by atoms with van der Waals surface area (Å²) in [7, 11) is 0. The van der Waals surface area contributed by atoms with E-state index in [0.717, 1.165) is 11.4 Å². The minimum absolute atomic E-state index is 0.526. The first kappa shape index (κ1) is 8.64. The van der Waals surface area contributed by atoms with Crippen molar-refractivity contribution < 1.29 is 4.52 Å². The molecule has 5 heteroatoms. The van der Waals surface area contributed by atoms with Gasteiger partial charge in [-0.25, -0.2) is 4.68 Å². The molecule has 0 unspecified atom stereocenters. The van der Waals surface area contributed by atoms with Crippen molar-refractivity contribution in [3.63, 3.8) is 0 Å². The topological polar surface area (TPSA) is 56.7 Å². The molecule has 78 valence electrons. The van der Waals surface area contributed by atoms with Crippen LogP contribution in [0.3, 0.4) is 0 Å². The molecule has 0 aliphatic heterocycles. The van der Waals surface area contributed by atoms with Gasteiger partial charge < -0.3 is 4.52 Å². The molecular weight excluding hydrogens is 192 g/mol. The van der Waals surface area contributed by atoms with E-state index in [4.69, 9.17) is 4.52 Å². The minimum Gasteiger partial charge on any atom is -0.364 e. The zero-order valence-electron chi connectivity index (χ0n) is 8.33. The zero-order chi connectivity index (χ0) is 10.1. The second-order valence-electron chi connectivity index (χ2n) is 3.91. The Morgan fingerprint density at radius 1 is 1.27 bits per heavy atom. The highest BCUT2D eigenvalue weighted by Gasteiger charge is 2.18. The van der Waals surface area contributed by atoms with Gasteiger partial charge in [-0.1, -0.05) is 23.2 Å². The van der Waals surface area contributed by atoms with Gasteiger partial charge in [0, 0.05) is 6.07 Å². The summed E-state index contributed by atoms with van der Waals surface area (Å²) in [5.41, 5.74) is 1.54. The molecule has 1 fully saturated rings. The number of hydrogen-bond donors (Lipinski definition) is 0. The fourth-order valence-corrected chi connectivity index (χ4v) is 2.09. The Balaban J connectivity index is 1.87. The lowest BCUT2D eigenvalue weighted by atomic mass is 10.2. The standard InChI is InChI=1S/C10H12N4O/c1-2-4-8(3-1)14-7-10(11-13-14)9-5-6-15-12-9/h5-8H,1-4H2. The molecular formula is C10H12N4O. The third-order valence-corrected chi connectivity index (χ3v) is 2.91. The SMILES string of the molecule is c1cc(-c2cn(C3CCCC3)nn2)no1. The highest BCUT2D eigenvalue weighted by Crippen LogP contribution is 2.29. The summed E-state index contributed by atoms with van der Waals surface area (Å²) in [5, 5.41) is 12.1. The predicted molar refractivity (Wildman–Crippen MR) is 53.0 cm³/mol. The molecule has 1 aliphatic rings. The summed E-state index contributed by atoms with van der Waals surface area (Å²) in [5.74, 6) is 0. The van der Waals surface area contributed by atoms with Crippen LogP contribution in [0.15, 0.2) is 23.0 Å². The van der Waals surface area contributed by atoms with Gasteiger partial charge in [0.05, 0.1) is 12.2 Å². The van der Waals surface area contributed by atoms with Gasteiger partial charge in [0.15, 0.2) is 0 Å². The Bertz CT molecular complexity index is 428. The van der Waals surface area contributed by atoms with E-state index in [1.54, 1.807) is 12.3 Å². The fraction of sp³-hybridized carbons (Fsp3) is 0.500. The highest BCUT2D eigenvalue weighted by molar-refractivity contribution is 5.50. The lowest BCUT2D eigenvalue weighted by Gasteiger charge is -2.06. The molecule has 2 aromatic heterocycles. The van der Waals surface area contributed by atoms with Gasteiger partial charge in [-0.3, -0.25) is 0 Å². The van der Waals surface area contributed by atoms with Gasteiger partial charge in [0.25, 0.3) is 0 Å². The zero-order valence-corrected chi connectivity index (χ0v) is 8.33. The molecule has 0 aromatic carbocycles. The summed E-state index contributed by atoms with van der Waals surface area (Å²) in [6.45, 7) is 0. The smallest absolute Gasteiger partial charge is 0.135 e. The van der Waals surface area contributed by atoms with Gasteiger partial charge in [-0.2, -0.15) is 0 Å². The normalized spacial score (nSPS) is 17.3. The Hall–Kier alpha value is -1.65. The maximum absolute atomic E-state index is 4.78. The Morgan fingerprint density at radius 2 is 2.13 bits per heavy atom. The summed E-state index contributed by atoms with van der Waals surface area (Å²) in [6.07, 6.45) is 8.51.